The molecule has 0 spiro atoms. The van der Waals surface area contributed by atoms with Crippen LogP contribution < -0.4 is 10.6 Å². The standard InChI is InChI=1S/C13H16N4O/c1-4-11-16(3)12(13(14)18)9(2)17(11)10-6-5-7-15-8-10/h4-8,11H,1H2,2-3H3,(H2,14,18). The summed E-state index contributed by atoms with van der Waals surface area (Å²) in [6.45, 7) is 5.68. The van der Waals surface area contributed by atoms with Gasteiger partial charge in [-0.25, -0.2) is 0 Å². The molecular weight excluding hydrogens is 228 g/mol. The van der Waals surface area contributed by atoms with Gasteiger partial charge < -0.3 is 15.5 Å². The molecule has 2 N–H and O–H groups in total. The van der Waals surface area contributed by atoms with Crippen molar-refractivity contribution in [3.05, 3.63) is 48.6 Å². The van der Waals surface area contributed by atoms with E-state index in [9.17, 15) is 4.79 Å². The van der Waals surface area contributed by atoms with Crippen LogP contribution in [-0.2, 0) is 4.79 Å². The largest absolute Gasteiger partial charge is 0.364 e. The Bertz CT molecular complexity index is 509. The second-order valence-corrected chi connectivity index (χ2v) is 4.14. The van der Waals surface area contributed by atoms with Crippen molar-refractivity contribution in [2.24, 2.45) is 5.73 Å². The second kappa shape index (κ2) is 4.52. The Morgan fingerprint density at radius 2 is 2.33 bits per heavy atom. The summed E-state index contributed by atoms with van der Waals surface area (Å²) >= 11 is 0. The van der Waals surface area contributed by atoms with Crippen LogP contribution in [0.3, 0.4) is 0 Å². The Hall–Kier alpha value is -2.30. The average molecular weight is 244 g/mol. The highest BCUT2D eigenvalue weighted by Gasteiger charge is 2.35. The maximum Gasteiger partial charge on any atom is 0.266 e. The van der Waals surface area contributed by atoms with E-state index in [1.54, 1.807) is 18.5 Å². The zero-order valence-corrected chi connectivity index (χ0v) is 10.5. The first-order valence-electron chi connectivity index (χ1n) is 5.63. The minimum atomic E-state index is -0.437. The number of hydrogen-bond acceptors (Lipinski definition) is 4. The van der Waals surface area contributed by atoms with Crippen molar-refractivity contribution < 1.29 is 4.79 Å². The summed E-state index contributed by atoms with van der Waals surface area (Å²) in [6.07, 6.45) is 5.10. The molecule has 1 atom stereocenters. The molecule has 1 aromatic heterocycles. The Morgan fingerprint density at radius 1 is 1.61 bits per heavy atom. The summed E-state index contributed by atoms with van der Waals surface area (Å²) in [5, 5.41) is 0. The Morgan fingerprint density at radius 3 is 2.83 bits per heavy atom. The number of rotatable bonds is 3. The SMILES string of the molecule is C=CC1N(C)C(C(N)=O)=C(C)N1c1cccnc1. The average Bonchev–Trinajstić information content (AvgIpc) is 2.61. The van der Waals surface area contributed by atoms with Gasteiger partial charge in [0, 0.05) is 18.9 Å². The maximum absolute atomic E-state index is 11.5. The molecule has 1 aromatic rings. The molecule has 1 amide bonds. The second-order valence-electron chi connectivity index (χ2n) is 4.14. The number of nitrogens with two attached hydrogens (primary N) is 1. The third-order valence-electron chi connectivity index (χ3n) is 3.09. The molecule has 0 saturated heterocycles. The van der Waals surface area contributed by atoms with Gasteiger partial charge in [-0.1, -0.05) is 6.58 Å². The van der Waals surface area contributed by atoms with E-state index in [0.29, 0.717) is 5.70 Å². The Balaban J connectivity index is 2.51. The molecule has 2 heterocycles. The van der Waals surface area contributed by atoms with Crippen molar-refractivity contribution in [2.75, 3.05) is 11.9 Å². The summed E-state index contributed by atoms with van der Waals surface area (Å²) in [4.78, 5) is 19.4. The number of carbonyl (C=O) groups excluding carboxylic acids is 1. The molecule has 0 aromatic carbocycles. The molecule has 94 valence electrons. The van der Waals surface area contributed by atoms with E-state index in [0.717, 1.165) is 11.4 Å². The number of likely N-dealkylation sites (N-methyl/N-ethyl adjacent to an activating group) is 1. The molecule has 5 nitrogen and oxygen atoms in total. The third-order valence-corrected chi connectivity index (χ3v) is 3.09. The van der Waals surface area contributed by atoms with Gasteiger partial charge in [-0.3, -0.25) is 9.78 Å². The van der Waals surface area contributed by atoms with Crippen molar-refractivity contribution in [3.63, 3.8) is 0 Å². The van der Waals surface area contributed by atoms with E-state index < -0.39 is 5.91 Å². The molecule has 18 heavy (non-hydrogen) atoms. The zero-order chi connectivity index (χ0) is 13.3. The van der Waals surface area contributed by atoms with Crippen LogP contribution in [0.4, 0.5) is 5.69 Å². The summed E-state index contributed by atoms with van der Waals surface area (Å²) < 4.78 is 0. The lowest BCUT2D eigenvalue weighted by Crippen LogP contribution is -2.38. The van der Waals surface area contributed by atoms with Crippen LogP contribution in [0, 0.1) is 0 Å². The fraction of sp³-hybridized carbons (Fsp3) is 0.231. The minimum absolute atomic E-state index is 0.128. The third kappa shape index (κ3) is 1.73. The van der Waals surface area contributed by atoms with Crippen LogP contribution in [-0.4, -0.2) is 29.0 Å². The van der Waals surface area contributed by atoms with Gasteiger partial charge in [0.15, 0.2) is 0 Å². The fourth-order valence-corrected chi connectivity index (χ4v) is 2.33. The van der Waals surface area contributed by atoms with Crippen LogP contribution in [0.15, 0.2) is 48.6 Å². The number of amides is 1. The number of aromatic nitrogens is 1. The smallest absolute Gasteiger partial charge is 0.266 e. The first-order chi connectivity index (χ1) is 8.57. The van der Waals surface area contributed by atoms with E-state index in [2.05, 4.69) is 11.6 Å². The van der Waals surface area contributed by atoms with Gasteiger partial charge in [-0.05, 0) is 25.1 Å². The summed E-state index contributed by atoms with van der Waals surface area (Å²) in [7, 11) is 1.83. The zero-order valence-electron chi connectivity index (χ0n) is 10.5. The number of primary amides is 1. The highest BCUT2D eigenvalue weighted by molar-refractivity contribution is 5.94. The normalized spacial score (nSPS) is 19.3. The monoisotopic (exact) mass is 244 g/mol. The van der Waals surface area contributed by atoms with Crippen molar-refractivity contribution in [1.82, 2.24) is 9.88 Å². The molecular formula is C13H16N4O. The van der Waals surface area contributed by atoms with Gasteiger partial charge in [0.2, 0.25) is 0 Å². The highest BCUT2D eigenvalue weighted by atomic mass is 16.1. The molecule has 0 saturated carbocycles. The molecule has 0 aliphatic carbocycles. The molecule has 5 heteroatoms. The maximum atomic E-state index is 11.5. The number of hydrogen-bond donors (Lipinski definition) is 1. The predicted molar refractivity (Wildman–Crippen MR) is 70.4 cm³/mol. The minimum Gasteiger partial charge on any atom is -0.364 e. The number of nitrogens with zero attached hydrogens (tertiary/aromatic N) is 3. The summed E-state index contributed by atoms with van der Waals surface area (Å²) in [5.41, 5.74) is 7.64. The van der Waals surface area contributed by atoms with Gasteiger partial charge in [0.05, 0.1) is 11.9 Å². The predicted octanol–water partition coefficient (Wildman–Crippen LogP) is 1.06. The molecule has 1 aliphatic rings. The lowest BCUT2D eigenvalue weighted by molar-refractivity contribution is -0.115. The van der Waals surface area contributed by atoms with E-state index in [-0.39, 0.29) is 6.17 Å². The van der Waals surface area contributed by atoms with Crippen molar-refractivity contribution in [1.29, 1.82) is 0 Å². The topological polar surface area (TPSA) is 62.5 Å². The quantitative estimate of drug-likeness (QED) is 0.808. The van der Waals surface area contributed by atoms with E-state index in [1.807, 2.05) is 35.9 Å². The van der Waals surface area contributed by atoms with Crippen molar-refractivity contribution in [2.45, 2.75) is 13.1 Å². The number of carbonyl (C=O) groups is 1. The summed E-state index contributed by atoms with van der Waals surface area (Å²) in [5.74, 6) is -0.437. The van der Waals surface area contributed by atoms with Gasteiger partial charge in [0.1, 0.15) is 11.9 Å². The van der Waals surface area contributed by atoms with Crippen LogP contribution >= 0.6 is 0 Å². The lowest BCUT2D eigenvalue weighted by atomic mass is 10.3. The summed E-state index contributed by atoms with van der Waals surface area (Å²) in [6, 6.07) is 3.79. The van der Waals surface area contributed by atoms with Gasteiger partial charge >= 0.3 is 0 Å². The molecule has 0 fully saturated rings. The van der Waals surface area contributed by atoms with Crippen molar-refractivity contribution >= 4 is 11.6 Å². The van der Waals surface area contributed by atoms with E-state index >= 15 is 0 Å². The van der Waals surface area contributed by atoms with Crippen molar-refractivity contribution in [3.8, 4) is 0 Å². The first kappa shape index (κ1) is 12.2. The number of pyridine rings is 1. The van der Waals surface area contributed by atoms with Crippen LogP contribution in [0.2, 0.25) is 0 Å². The molecule has 1 unspecified atom stereocenters. The van der Waals surface area contributed by atoms with Crippen LogP contribution in [0.1, 0.15) is 6.92 Å². The van der Waals surface area contributed by atoms with E-state index in [4.69, 9.17) is 5.73 Å². The first-order valence-corrected chi connectivity index (χ1v) is 5.63. The Labute approximate surface area is 106 Å². The molecule has 0 bridgehead atoms. The lowest BCUT2D eigenvalue weighted by Gasteiger charge is -2.29. The molecule has 0 radical (unpaired) electrons. The number of allylic oxidation sites excluding steroid dienone is 1. The Kier molecular flexibility index (Phi) is 3.06. The molecule has 2 rings (SSSR count). The fourth-order valence-electron chi connectivity index (χ4n) is 2.33. The molecule has 1 aliphatic heterocycles. The van der Waals surface area contributed by atoms with Gasteiger partial charge in [-0.2, -0.15) is 0 Å². The number of anilines is 1. The van der Waals surface area contributed by atoms with Crippen LogP contribution in [0.5, 0.6) is 0 Å². The van der Waals surface area contributed by atoms with Crippen LogP contribution in [0.25, 0.3) is 0 Å². The van der Waals surface area contributed by atoms with Gasteiger partial charge in [0.25, 0.3) is 5.91 Å². The van der Waals surface area contributed by atoms with Gasteiger partial charge in [-0.15, -0.1) is 0 Å². The highest BCUT2D eigenvalue weighted by Crippen LogP contribution is 2.32. The van der Waals surface area contributed by atoms with E-state index in [1.165, 1.54) is 0 Å².